The molecular weight excluding hydrogens is 300 g/mol. The van der Waals surface area contributed by atoms with Crippen molar-refractivity contribution in [2.24, 2.45) is 0 Å². The number of benzene rings is 1. The van der Waals surface area contributed by atoms with Crippen LogP contribution in [-0.4, -0.2) is 11.5 Å². The summed E-state index contributed by atoms with van der Waals surface area (Å²) in [5, 5.41) is 3.36. The average Bonchev–Trinajstić information content (AvgIpc) is 2.38. The lowest BCUT2D eigenvalue weighted by molar-refractivity contribution is 0.999. The molecular formula is C16H19BrN2. The Morgan fingerprint density at radius 1 is 1.05 bits per heavy atom. The van der Waals surface area contributed by atoms with Gasteiger partial charge in [0.15, 0.2) is 0 Å². The second kappa shape index (κ2) is 6.20. The molecule has 0 saturated carbocycles. The Morgan fingerprint density at radius 2 is 1.84 bits per heavy atom. The fourth-order valence-electron chi connectivity index (χ4n) is 1.93. The summed E-state index contributed by atoms with van der Waals surface area (Å²) in [6, 6.07) is 8.71. The summed E-state index contributed by atoms with van der Waals surface area (Å²) in [5.74, 6) is 0.935. The van der Waals surface area contributed by atoms with Crippen molar-refractivity contribution in [3.05, 3.63) is 57.2 Å². The standard InChI is InChI=1S/C16H19BrN2/c1-11-4-5-14(8-12(11)2)6-7-18-16-9-13(3)15(17)10-19-16/h4-5,8-10H,6-7H2,1-3H3,(H,18,19). The van der Waals surface area contributed by atoms with E-state index in [1.807, 2.05) is 6.20 Å². The molecule has 0 radical (unpaired) electrons. The van der Waals surface area contributed by atoms with Crippen LogP contribution >= 0.6 is 15.9 Å². The van der Waals surface area contributed by atoms with Crippen molar-refractivity contribution in [2.45, 2.75) is 27.2 Å². The number of nitrogens with one attached hydrogen (secondary N) is 1. The highest BCUT2D eigenvalue weighted by atomic mass is 79.9. The van der Waals surface area contributed by atoms with E-state index in [4.69, 9.17) is 0 Å². The van der Waals surface area contributed by atoms with Gasteiger partial charge in [0.1, 0.15) is 5.82 Å². The minimum Gasteiger partial charge on any atom is -0.370 e. The summed E-state index contributed by atoms with van der Waals surface area (Å²) >= 11 is 3.46. The zero-order valence-corrected chi connectivity index (χ0v) is 13.2. The lowest BCUT2D eigenvalue weighted by Gasteiger charge is -2.08. The number of hydrogen-bond acceptors (Lipinski definition) is 2. The molecule has 2 rings (SSSR count). The van der Waals surface area contributed by atoms with Gasteiger partial charge in [-0.2, -0.15) is 0 Å². The van der Waals surface area contributed by atoms with Gasteiger partial charge in [0.05, 0.1) is 0 Å². The van der Waals surface area contributed by atoms with Crippen LogP contribution in [0.1, 0.15) is 22.3 Å². The van der Waals surface area contributed by atoms with Crippen LogP contribution < -0.4 is 5.32 Å². The van der Waals surface area contributed by atoms with E-state index in [1.54, 1.807) is 0 Å². The van der Waals surface area contributed by atoms with E-state index >= 15 is 0 Å². The van der Waals surface area contributed by atoms with Gasteiger partial charge in [-0.25, -0.2) is 4.98 Å². The maximum absolute atomic E-state index is 4.34. The van der Waals surface area contributed by atoms with Crippen molar-refractivity contribution in [2.75, 3.05) is 11.9 Å². The monoisotopic (exact) mass is 318 g/mol. The number of pyridine rings is 1. The molecule has 2 aromatic rings. The van der Waals surface area contributed by atoms with Gasteiger partial charge in [-0.05, 0) is 71.4 Å². The fraction of sp³-hybridized carbons (Fsp3) is 0.312. The van der Waals surface area contributed by atoms with Crippen LogP contribution in [0.25, 0.3) is 0 Å². The van der Waals surface area contributed by atoms with Gasteiger partial charge in [-0.15, -0.1) is 0 Å². The predicted octanol–water partition coefficient (Wildman–Crippen LogP) is 4.42. The van der Waals surface area contributed by atoms with Gasteiger partial charge in [-0.1, -0.05) is 18.2 Å². The zero-order chi connectivity index (χ0) is 13.8. The smallest absolute Gasteiger partial charge is 0.126 e. The second-order valence-electron chi connectivity index (χ2n) is 4.91. The van der Waals surface area contributed by atoms with Crippen molar-refractivity contribution in [3.8, 4) is 0 Å². The summed E-state index contributed by atoms with van der Waals surface area (Å²) < 4.78 is 1.05. The molecule has 19 heavy (non-hydrogen) atoms. The number of aromatic nitrogens is 1. The molecule has 0 aliphatic rings. The maximum Gasteiger partial charge on any atom is 0.126 e. The number of halogens is 1. The molecule has 100 valence electrons. The van der Waals surface area contributed by atoms with Crippen LogP contribution in [0.2, 0.25) is 0 Å². The van der Waals surface area contributed by atoms with Gasteiger partial charge >= 0.3 is 0 Å². The Balaban J connectivity index is 1.92. The van der Waals surface area contributed by atoms with Crippen molar-refractivity contribution in [3.63, 3.8) is 0 Å². The first-order chi connectivity index (χ1) is 9.06. The number of rotatable bonds is 4. The van der Waals surface area contributed by atoms with Gasteiger partial charge in [0, 0.05) is 17.2 Å². The van der Waals surface area contributed by atoms with E-state index < -0.39 is 0 Å². The average molecular weight is 319 g/mol. The quantitative estimate of drug-likeness (QED) is 0.902. The molecule has 1 heterocycles. The SMILES string of the molecule is Cc1ccc(CCNc2cc(C)c(Br)cn2)cc1C. The third kappa shape index (κ3) is 3.80. The summed E-state index contributed by atoms with van der Waals surface area (Å²) in [6.45, 7) is 7.27. The zero-order valence-electron chi connectivity index (χ0n) is 11.6. The molecule has 0 amide bonds. The Bertz CT molecular complexity index is 527. The molecule has 1 N–H and O–H groups in total. The highest BCUT2D eigenvalue weighted by Gasteiger charge is 2.00. The second-order valence-corrected chi connectivity index (χ2v) is 5.77. The van der Waals surface area contributed by atoms with Crippen LogP contribution in [0, 0.1) is 20.8 Å². The number of aryl methyl sites for hydroxylation is 3. The Labute approximate surface area is 123 Å². The van der Waals surface area contributed by atoms with Gasteiger partial charge < -0.3 is 5.32 Å². The highest BCUT2D eigenvalue weighted by Crippen LogP contribution is 2.17. The maximum atomic E-state index is 4.34. The third-order valence-corrected chi connectivity index (χ3v) is 4.17. The number of hydrogen-bond donors (Lipinski definition) is 1. The molecule has 0 aliphatic heterocycles. The first kappa shape index (κ1) is 14.1. The summed E-state index contributed by atoms with van der Waals surface area (Å²) in [7, 11) is 0. The van der Waals surface area contributed by atoms with E-state index in [1.165, 1.54) is 22.3 Å². The van der Waals surface area contributed by atoms with Crippen LogP contribution in [0.15, 0.2) is 34.9 Å². The van der Waals surface area contributed by atoms with Crippen molar-refractivity contribution >= 4 is 21.7 Å². The molecule has 0 bridgehead atoms. The third-order valence-electron chi connectivity index (χ3n) is 3.34. The lowest BCUT2D eigenvalue weighted by atomic mass is 10.0. The molecule has 1 aromatic carbocycles. The molecule has 0 aliphatic carbocycles. The Hall–Kier alpha value is -1.35. The first-order valence-corrected chi connectivity index (χ1v) is 7.27. The summed E-state index contributed by atoms with van der Waals surface area (Å²) in [4.78, 5) is 4.34. The van der Waals surface area contributed by atoms with E-state index in [-0.39, 0.29) is 0 Å². The highest BCUT2D eigenvalue weighted by molar-refractivity contribution is 9.10. The van der Waals surface area contributed by atoms with E-state index in [9.17, 15) is 0 Å². The molecule has 0 saturated heterocycles. The van der Waals surface area contributed by atoms with Crippen LogP contribution in [-0.2, 0) is 6.42 Å². The normalized spacial score (nSPS) is 10.5. The van der Waals surface area contributed by atoms with Gasteiger partial charge in [-0.3, -0.25) is 0 Å². The number of nitrogens with zero attached hydrogens (tertiary/aromatic N) is 1. The molecule has 0 fully saturated rings. The molecule has 1 aromatic heterocycles. The molecule has 0 unspecified atom stereocenters. The van der Waals surface area contributed by atoms with E-state index in [2.05, 4.69) is 71.3 Å². The van der Waals surface area contributed by atoms with Crippen molar-refractivity contribution < 1.29 is 0 Å². The number of anilines is 1. The minimum absolute atomic E-state index is 0.899. The summed E-state index contributed by atoms with van der Waals surface area (Å²) in [6.07, 6.45) is 2.85. The lowest BCUT2D eigenvalue weighted by Crippen LogP contribution is -2.06. The van der Waals surface area contributed by atoms with Crippen LogP contribution in [0.3, 0.4) is 0 Å². The van der Waals surface area contributed by atoms with Crippen molar-refractivity contribution in [1.29, 1.82) is 0 Å². The van der Waals surface area contributed by atoms with E-state index in [0.717, 1.165) is 23.3 Å². The molecule has 0 spiro atoms. The van der Waals surface area contributed by atoms with Gasteiger partial charge in [0.2, 0.25) is 0 Å². The van der Waals surface area contributed by atoms with Gasteiger partial charge in [0.25, 0.3) is 0 Å². The van der Waals surface area contributed by atoms with Crippen LogP contribution in [0.4, 0.5) is 5.82 Å². The minimum atomic E-state index is 0.899. The molecule has 0 atom stereocenters. The Morgan fingerprint density at radius 3 is 2.53 bits per heavy atom. The van der Waals surface area contributed by atoms with Crippen LogP contribution in [0.5, 0.6) is 0 Å². The van der Waals surface area contributed by atoms with Crippen molar-refractivity contribution in [1.82, 2.24) is 4.98 Å². The fourth-order valence-corrected chi connectivity index (χ4v) is 2.15. The Kier molecular flexibility index (Phi) is 4.59. The van der Waals surface area contributed by atoms with E-state index in [0.29, 0.717) is 0 Å². The largest absolute Gasteiger partial charge is 0.370 e. The summed E-state index contributed by atoms with van der Waals surface area (Å²) in [5.41, 5.74) is 5.27. The predicted molar refractivity (Wildman–Crippen MR) is 84.8 cm³/mol. The molecule has 3 heteroatoms. The molecule has 2 nitrogen and oxygen atoms in total. The topological polar surface area (TPSA) is 24.9 Å². The first-order valence-electron chi connectivity index (χ1n) is 6.48.